The summed E-state index contributed by atoms with van der Waals surface area (Å²) in [6, 6.07) is 0.682. The lowest BCUT2D eigenvalue weighted by Gasteiger charge is -2.41. The van der Waals surface area contributed by atoms with Crippen LogP contribution >= 0.6 is 0 Å². The molecule has 94 valence electrons. The molecule has 0 aromatic rings. The Hall–Kier alpha value is -0.120. The fourth-order valence-corrected chi connectivity index (χ4v) is 3.01. The van der Waals surface area contributed by atoms with Gasteiger partial charge < -0.3 is 10.2 Å². The van der Waals surface area contributed by atoms with Crippen LogP contribution in [0.15, 0.2) is 0 Å². The number of nitrogens with zero attached hydrogens (tertiary/aromatic N) is 1. The van der Waals surface area contributed by atoms with Crippen LogP contribution in [0.4, 0.5) is 0 Å². The molecule has 3 heteroatoms. The van der Waals surface area contributed by atoms with Crippen molar-refractivity contribution in [2.45, 2.75) is 57.1 Å². The summed E-state index contributed by atoms with van der Waals surface area (Å²) in [4.78, 5) is 2.41. The molecule has 0 bridgehead atoms. The summed E-state index contributed by atoms with van der Waals surface area (Å²) in [5, 5.41) is 19.1. The molecule has 0 heterocycles. The van der Waals surface area contributed by atoms with Crippen molar-refractivity contribution in [3.8, 4) is 0 Å². The first-order valence-corrected chi connectivity index (χ1v) is 6.84. The Bertz CT molecular complexity index is 206. The Morgan fingerprint density at radius 1 is 1.00 bits per heavy atom. The van der Waals surface area contributed by atoms with Crippen molar-refractivity contribution in [2.75, 3.05) is 19.7 Å². The smallest absolute Gasteiger partial charge is 0.0580 e. The highest BCUT2D eigenvalue weighted by molar-refractivity contribution is 4.84. The van der Waals surface area contributed by atoms with Crippen LogP contribution in [0.25, 0.3) is 0 Å². The van der Waals surface area contributed by atoms with Crippen molar-refractivity contribution in [2.24, 2.45) is 5.92 Å². The van der Waals surface area contributed by atoms with Crippen molar-refractivity contribution < 1.29 is 10.2 Å². The quantitative estimate of drug-likeness (QED) is 0.746. The fraction of sp³-hybridized carbons (Fsp3) is 1.00. The van der Waals surface area contributed by atoms with Crippen LogP contribution in [0, 0.1) is 5.92 Å². The first-order chi connectivity index (χ1) is 7.81. The molecule has 2 saturated carbocycles. The van der Waals surface area contributed by atoms with Gasteiger partial charge in [0.1, 0.15) is 0 Å². The molecule has 2 unspecified atom stereocenters. The maximum Gasteiger partial charge on any atom is 0.0580 e. The van der Waals surface area contributed by atoms with Gasteiger partial charge in [0.25, 0.3) is 0 Å². The van der Waals surface area contributed by atoms with Crippen LogP contribution in [0.3, 0.4) is 0 Å². The second-order valence-corrected chi connectivity index (χ2v) is 5.42. The van der Waals surface area contributed by atoms with E-state index in [-0.39, 0.29) is 12.7 Å². The largest absolute Gasteiger partial charge is 0.395 e. The van der Waals surface area contributed by atoms with E-state index in [1.807, 2.05) is 0 Å². The topological polar surface area (TPSA) is 43.7 Å². The summed E-state index contributed by atoms with van der Waals surface area (Å²) in [5.74, 6) is 0.445. The van der Waals surface area contributed by atoms with Gasteiger partial charge in [-0.05, 0) is 31.6 Å². The number of rotatable bonds is 5. The Balaban J connectivity index is 1.83. The summed E-state index contributed by atoms with van der Waals surface area (Å²) in [7, 11) is 0. The van der Waals surface area contributed by atoms with Gasteiger partial charge in [-0.1, -0.05) is 19.3 Å². The van der Waals surface area contributed by atoms with Gasteiger partial charge in [0, 0.05) is 19.1 Å². The SMILES string of the molecule is OCCN(CC1CCCCC1O)C1CCC1. The maximum atomic E-state index is 9.97. The molecule has 0 spiro atoms. The molecule has 0 aliphatic heterocycles. The molecule has 2 fully saturated rings. The number of hydrogen-bond acceptors (Lipinski definition) is 3. The predicted molar refractivity (Wildman–Crippen MR) is 64.3 cm³/mol. The fourth-order valence-electron chi connectivity index (χ4n) is 3.01. The molecule has 0 aromatic heterocycles. The van der Waals surface area contributed by atoms with E-state index >= 15 is 0 Å². The minimum Gasteiger partial charge on any atom is -0.395 e. The summed E-state index contributed by atoms with van der Waals surface area (Å²) in [6.07, 6.45) is 8.37. The van der Waals surface area contributed by atoms with Gasteiger partial charge in [-0.2, -0.15) is 0 Å². The Morgan fingerprint density at radius 2 is 1.75 bits per heavy atom. The number of aliphatic hydroxyl groups is 2. The lowest BCUT2D eigenvalue weighted by atomic mass is 9.84. The lowest BCUT2D eigenvalue weighted by Crippen LogP contribution is -2.46. The number of aliphatic hydroxyl groups excluding tert-OH is 2. The van der Waals surface area contributed by atoms with E-state index in [0.29, 0.717) is 12.0 Å². The molecular weight excluding hydrogens is 202 g/mol. The Kier molecular flexibility index (Phi) is 4.62. The van der Waals surface area contributed by atoms with Crippen LogP contribution in [0.5, 0.6) is 0 Å². The van der Waals surface area contributed by atoms with E-state index in [1.54, 1.807) is 0 Å². The van der Waals surface area contributed by atoms with E-state index in [1.165, 1.54) is 32.1 Å². The predicted octanol–water partition coefficient (Wildman–Crippen LogP) is 1.38. The van der Waals surface area contributed by atoms with Crippen molar-refractivity contribution in [1.82, 2.24) is 4.90 Å². The van der Waals surface area contributed by atoms with E-state index in [4.69, 9.17) is 5.11 Å². The molecule has 2 aliphatic rings. The molecule has 2 rings (SSSR count). The molecule has 2 atom stereocenters. The minimum atomic E-state index is -0.102. The highest BCUT2D eigenvalue weighted by Crippen LogP contribution is 2.29. The van der Waals surface area contributed by atoms with Crippen LogP contribution in [0.2, 0.25) is 0 Å². The molecule has 0 aromatic carbocycles. The van der Waals surface area contributed by atoms with E-state index in [2.05, 4.69) is 4.90 Å². The third kappa shape index (κ3) is 2.96. The van der Waals surface area contributed by atoms with E-state index in [9.17, 15) is 5.11 Å². The Morgan fingerprint density at radius 3 is 2.31 bits per heavy atom. The second-order valence-electron chi connectivity index (χ2n) is 5.42. The summed E-state index contributed by atoms with van der Waals surface area (Å²) >= 11 is 0. The third-order valence-electron chi connectivity index (χ3n) is 4.32. The monoisotopic (exact) mass is 227 g/mol. The van der Waals surface area contributed by atoms with Crippen molar-refractivity contribution in [3.63, 3.8) is 0 Å². The second kappa shape index (κ2) is 5.99. The molecule has 0 radical (unpaired) electrons. The molecule has 0 amide bonds. The van der Waals surface area contributed by atoms with Crippen LogP contribution in [0.1, 0.15) is 44.9 Å². The van der Waals surface area contributed by atoms with E-state index in [0.717, 1.165) is 25.9 Å². The lowest BCUT2D eigenvalue weighted by molar-refractivity contribution is 0.0175. The Labute approximate surface area is 98.5 Å². The van der Waals surface area contributed by atoms with Crippen LogP contribution < -0.4 is 0 Å². The van der Waals surface area contributed by atoms with Gasteiger partial charge in [0.15, 0.2) is 0 Å². The highest BCUT2D eigenvalue weighted by Gasteiger charge is 2.30. The maximum absolute atomic E-state index is 9.97. The van der Waals surface area contributed by atoms with E-state index < -0.39 is 0 Å². The zero-order valence-corrected chi connectivity index (χ0v) is 10.1. The average Bonchev–Trinajstić information content (AvgIpc) is 2.19. The van der Waals surface area contributed by atoms with Crippen LogP contribution in [-0.4, -0.2) is 47.0 Å². The summed E-state index contributed by atoms with van der Waals surface area (Å²) in [6.45, 7) is 2.03. The molecule has 2 N–H and O–H groups in total. The molecule has 3 nitrogen and oxygen atoms in total. The van der Waals surface area contributed by atoms with Gasteiger partial charge in [-0.25, -0.2) is 0 Å². The molecule has 0 saturated heterocycles. The van der Waals surface area contributed by atoms with Gasteiger partial charge in [0.05, 0.1) is 12.7 Å². The molecule has 2 aliphatic carbocycles. The summed E-state index contributed by atoms with van der Waals surface area (Å²) in [5.41, 5.74) is 0. The van der Waals surface area contributed by atoms with Crippen LogP contribution in [-0.2, 0) is 0 Å². The zero-order valence-electron chi connectivity index (χ0n) is 10.1. The van der Waals surface area contributed by atoms with Gasteiger partial charge >= 0.3 is 0 Å². The summed E-state index contributed by atoms with van der Waals surface area (Å²) < 4.78 is 0. The zero-order chi connectivity index (χ0) is 11.4. The first kappa shape index (κ1) is 12.3. The van der Waals surface area contributed by atoms with Gasteiger partial charge in [-0.15, -0.1) is 0 Å². The van der Waals surface area contributed by atoms with Crippen molar-refractivity contribution in [3.05, 3.63) is 0 Å². The first-order valence-electron chi connectivity index (χ1n) is 6.84. The molecule has 16 heavy (non-hydrogen) atoms. The van der Waals surface area contributed by atoms with Crippen molar-refractivity contribution in [1.29, 1.82) is 0 Å². The average molecular weight is 227 g/mol. The third-order valence-corrected chi connectivity index (χ3v) is 4.32. The van der Waals surface area contributed by atoms with Gasteiger partial charge in [-0.3, -0.25) is 4.90 Å². The molecular formula is C13H25NO2. The van der Waals surface area contributed by atoms with Crippen molar-refractivity contribution >= 4 is 0 Å². The standard InChI is InChI=1S/C13H25NO2/c15-9-8-14(12-5-3-6-12)10-11-4-1-2-7-13(11)16/h11-13,15-16H,1-10H2. The normalized spacial score (nSPS) is 31.7. The highest BCUT2D eigenvalue weighted by atomic mass is 16.3. The number of hydrogen-bond donors (Lipinski definition) is 2. The minimum absolute atomic E-state index is 0.102. The van der Waals surface area contributed by atoms with Gasteiger partial charge in [0.2, 0.25) is 0 Å².